The van der Waals surface area contributed by atoms with Gasteiger partial charge in [-0.25, -0.2) is 26.2 Å². The van der Waals surface area contributed by atoms with Crippen molar-refractivity contribution in [2.75, 3.05) is 16.2 Å². The van der Waals surface area contributed by atoms with Crippen molar-refractivity contribution in [3.8, 4) is 0 Å². The lowest BCUT2D eigenvalue weighted by Crippen LogP contribution is -2.36. The Bertz CT molecular complexity index is 660. The third-order valence-electron chi connectivity index (χ3n) is 1.67. The van der Waals surface area contributed by atoms with Gasteiger partial charge in [0.25, 0.3) is 0 Å². The van der Waals surface area contributed by atoms with E-state index < -0.39 is 25.9 Å². The van der Waals surface area contributed by atoms with Crippen LogP contribution in [0.1, 0.15) is 0 Å². The maximum atomic E-state index is 13.2. The van der Waals surface area contributed by atoms with Crippen LogP contribution in [0.5, 0.6) is 0 Å². The highest BCUT2D eigenvalue weighted by atomic mass is 127. The van der Waals surface area contributed by atoms with Crippen LogP contribution in [0.15, 0.2) is 10.7 Å². The average molecular weight is 473 g/mol. The molecule has 102 valence electrons. The fourth-order valence-electron chi connectivity index (χ4n) is 1.12. The molecule has 0 spiro atoms. The summed E-state index contributed by atoms with van der Waals surface area (Å²) in [5, 5.41) is 0. The standard InChI is InChI=1S/C7H7BrFIN2O4S2/c1-17(13,14)12(18(2,15)16)7-6(10)5(8)4(9)3-11-7/h3H,1-2H3. The van der Waals surface area contributed by atoms with Crippen LogP contribution in [0.4, 0.5) is 10.2 Å². The number of aromatic nitrogens is 1. The molecule has 1 rings (SSSR count). The quantitative estimate of drug-likeness (QED) is 0.619. The second-order valence-corrected chi connectivity index (χ2v) is 9.05. The molecule has 6 nitrogen and oxygen atoms in total. The van der Waals surface area contributed by atoms with Crippen molar-refractivity contribution in [2.24, 2.45) is 0 Å². The zero-order valence-corrected chi connectivity index (χ0v) is 14.4. The molecule has 0 aliphatic rings. The topological polar surface area (TPSA) is 84.4 Å². The van der Waals surface area contributed by atoms with E-state index in [0.29, 0.717) is 0 Å². The molecular weight excluding hydrogens is 466 g/mol. The van der Waals surface area contributed by atoms with Crippen LogP contribution in [0.25, 0.3) is 0 Å². The fraction of sp³-hybridized carbons (Fsp3) is 0.286. The van der Waals surface area contributed by atoms with Gasteiger partial charge in [-0.15, -0.1) is 3.71 Å². The van der Waals surface area contributed by atoms with Crippen LogP contribution < -0.4 is 3.71 Å². The largest absolute Gasteiger partial charge is 0.246 e. The van der Waals surface area contributed by atoms with Crippen molar-refractivity contribution < 1.29 is 21.2 Å². The molecule has 0 saturated heterocycles. The first-order chi connectivity index (χ1) is 7.96. The maximum absolute atomic E-state index is 13.2. The summed E-state index contributed by atoms with van der Waals surface area (Å²) in [6.07, 6.45) is 2.19. The summed E-state index contributed by atoms with van der Waals surface area (Å²) in [5.74, 6) is -1.08. The first-order valence-corrected chi connectivity index (χ1v) is 9.73. The summed E-state index contributed by atoms with van der Waals surface area (Å²) in [7, 11) is -8.19. The number of hydrogen-bond acceptors (Lipinski definition) is 5. The van der Waals surface area contributed by atoms with Crippen molar-refractivity contribution in [3.63, 3.8) is 0 Å². The van der Waals surface area contributed by atoms with Gasteiger partial charge in [-0.3, -0.25) is 0 Å². The highest BCUT2D eigenvalue weighted by molar-refractivity contribution is 14.1. The predicted octanol–water partition coefficient (Wildman–Crippen LogP) is 1.31. The highest BCUT2D eigenvalue weighted by Gasteiger charge is 2.31. The first-order valence-electron chi connectivity index (χ1n) is 4.16. The Balaban J connectivity index is 3.67. The smallest absolute Gasteiger partial charge is 0.233 e. The van der Waals surface area contributed by atoms with Crippen molar-refractivity contribution in [1.82, 2.24) is 4.98 Å². The predicted molar refractivity (Wildman–Crippen MR) is 76.8 cm³/mol. The number of anilines is 1. The van der Waals surface area contributed by atoms with E-state index >= 15 is 0 Å². The molecule has 0 aliphatic carbocycles. The average Bonchev–Trinajstić information content (AvgIpc) is 2.15. The third kappa shape index (κ3) is 3.30. The van der Waals surface area contributed by atoms with Gasteiger partial charge < -0.3 is 0 Å². The summed E-state index contributed by atoms with van der Waals surface area (Å²) < 4.78 is 59.4. The monoisotopic (exact) mass is 472 g/mol. The Hall–Kier alpha value is -0.0100. The summed E-state index contributed by atoms with van der Waals surface area (Å²) in [6.45, 7) is 0. The van der Waals surface area contributed by atoms with Gasteiger partial charge in [0.15, 0.2) is 11.6 Å². The highest BCUT2D eigenvalue weighted by Crippen LogP contribution is 2.31. The van der Waals surface area contributed by atoms with E-state index in [1.165, 1.54) is 0 Å². The Morgan fingerprint density at radius 1 is 1.28 bits per heavy atom. The van der Waals surface area contributed by atoms with Crippen LogP contribution in [0.2, 0.25) is 0 Å². The van der Waals surface area contributed by atoms with Gasteiger partial charge >= 0.3 is 0 Å². The Labute approximate surface area is 126 Å². The number of sulfonamides is 2. The van der Waals surface area contributed by atoms with Crippen LogP contribution in [0.3, 0.4) is 0 Å². The molecule has 0 bridgehead atoms. The van der Waals surface area contributed by atoms with Crippen LogP contribution in [0, 0.1) is 9.39 Å². The van der Waals surface area contributed by atoms with Crippen molar-refractivity contribution in [2.45, 2.75) is 0 Å². The molecular formula is C7H7BrFIN2O4S2. The number of pyridine rings is 1. The van der Waals surface area contributed by atoms with Gasteiger partial charge in [0.1, 0.15) is 0 Å². The molecule has 11 heteroatoms. The van der Waals surface area contributed by atoms with Crippen molar-refractivity contribution in [3.05, 3.63) is 20.1 Å². The van der Waals surface area contributed by atoms with E-state index in [2.05, 4.69) is 20.9 Å². The second-order valence-electron chi connectivity index (χ2n) is 3.28. The first kappa shape index (κ1) is 16.0. The summed E-state index contributed by atoms with van der Waals surface area (Å²) in [6, 6.07) is 0. The molecule has 0 aromatic carbocycles. The molecule has 18 heavy (non-hydrogen) atoms. The van der Waals surface area contributed by atoms with Crippen LogP contribution in [-0.2, 0) is 20.0 Å². The molecule has 0 amide bonds. The van der Waals surface area contributed by atoms with E-state index in [1.807, 2.05) is 0 Å². The molecule has 0 unspecified atom stereocenters. The zero-order valence-electron chi connectivity index (χ0n) is 9.06. The molecule has 0 aliphatic heterocycles. The van der Waals surface area contributed by atoms with Gasteiger partial charge in [0.2, 0.25) is 20.0 Å². The molecule has 0 radical (unpaired) electrons. The SMILES string of the molecule is CS(=O)(=O)N(c1ncc(F)c(Br)c1I)S(C)(=O)=O. The van der Waals surface area contributed by atoms with Gasteiger partial charge in [0.05, 0.1) is 26.8 Å². The van der Waals surface area contributed by atoms with E-state index in [0.717, 1.165) is 18.7 Å². The molecule has 0 fully saturated rings. The number of hydrogen-bond donors (Lipinski definition) is 0. The third-order valence-corrected chi connectivity index (χ3v) is 7.39. The van der Waals surface area contributed by atoms with Gasteiger partial charge in [0, 0.05) is 0 Å². The van der Waals surface area contributed by atoms with Gasteiger partial charge in [-0.1, -0.05) is 0 Å². The van der Waals surface area contributed by atoms with E-state index in [-0.39, 0.29) is 17.6 Å². The molecule has 1 heterocycles. The molecule has 0 N–H and O–H groups in total. The number of halogens is 3. The lowest BCUT2D eigenvalue weighted by molar-refractivity contribution is 0.588. The minimum atomic E-state index is -4.09. The minimum absolute atomic E-state index is 0.0449. The summed E-state index contributed by atoms with van der Waals surface area (Å²) >= 11 is 4.50. The van der Waals surface area contributed by atoms with Crippen molar-refractivity contribution in [1.29, 1.82) is 0 Å². The normalized spacial score (nSPS) is 12.5. The van der Waals surface area contributed by atoms with Crippen LogP contribution >= 0.6 is 38.5 Å². The maximum Gasteiger partial charge on any atom is 0.246 e. The van der Waals surface area contributed by atoms with Crippen LogP contribution in [-0.4, -0.2) is 34.3 Å². The van der Waals surface area contributed by atoms with Gasteiger partial charge in [-0.05, 0) is 38.5 Å². The molecule has 1 aromatic heterocycles. The second kappa shape index (κ2) is 5.17. The van der Waals surface area contributed by atoms with E-state index in [9.17, 15) is 21.2 Å². The number of nitrogens with zero attached hydrogens (tertiary/aromatic N) is 2. The fourth-order valence-corrected chi connectivity index (χ4v) is 5.24. The zero-order chi connectivity index (χ0) is 14.3. The van der Waals surface area contributed by atoms with E-state index in [4.69, 9.17) is 0 Å². The Morgan fingerprint density at radius 2 is 1.72 bits per heavy atom. The Kier molecular flexibility index (Phi) is 4.61. The summed E-state index contributed by atoms with van der Waals surface area (Å²) in [5.41, 5.74) is 0. The molecule has 0 atom stereocenters. The van der Waals surface area contributed by atoms with E-state index in [1.54, 1.807) is 22.6 Å². The lowest BCUT2D eigenvalue weighted by Gasteiger charge is -2.20. The Morgan fingerprint density at radius 3 is 2.11 bits per heavy atom. The lowest BCUT2D eigenvalue weighted by atomic mass is 10.4. The number of rotatable bonds is 3. The minimum Gasteiger partial charge on any atom is -0.233 e. The molecule has 1 aromatic rings. The molecule has 0 saturated carbocycles. The van der Waals surface area contributed by atoms with Gasteiger partial charge in [-0.2, -0.15) is 0 Å². The summed E-state index contributed by atoms with van der Waals surface area (Å²) in [4.78, 5) is 3.53. The van der Waals surface area contributed by atoms with Crippen molar-refractivity contribution >= 4 is 64.4 Å².